The number of likely N-dealkylation sites (tertiary alicyclic amines) is 1. The van der Waals surface area contributed by atoms with Gasteiger partial charge in [0.2, 0.25) is 11.8 Å². The predicted octanol–water partition coefficient (Wildman–Crippen LogP) is 1.91. The van der Waals surface area contributed by atoms with Gasteiger partial charge in [-0.3, -0.25) is 4.79 Å². The van der Waals surface area contributed by atoms with Gasteiger partial charge in [-0.05, 0) is 26.6 Å². The maximum atomic E-state index is 12.0. The average molecular weight is 533 g/mol. The van der Waals surface area contributed by atoms with Crippen molar-refractivity contribution in [3.05, 3.63) is 24.4 Å². The van der Waals surface area contributed by atoms with Crippen LogP contribution in [0.5, 0.6) is 5.88 Å². The Morgan fingerprint density at radius 1 is 1.11 bits per heavy atom. The molecule has 36 heavy (non-hydrogen) atoms. The van der Waals surface area contributed by atoms with Crippen LogP contribution >= 0.6 is 0 Å². The number of ether oxygens (including phenoxy) is 2. The van der Waals surface area contributed by atoms with Crippen LogP contribution in [0.1, 0.15) is 6.42 Å². The third-order valence-electron chi connectivity index (χ3n) is 4.88. The van der Waals surface area contributed by atoms with Gasteiger partial charge in [-0.2, -0.15) is 26.3 Å². The zero-order chi connectivity index (χ0) is 27.7. The Morgan fingerprint density at radius 3 is 2.06 bits per heavy atom. The maximum absolute atomic E-state index is 12.0. The lowest BCUT2D eigenvalue weighted by molar-refractivity contribution is -0.193. The van der Waals surface area contributed by atoms with E-state index in [4.69, 9.17) is 29.3 Å². The van der Waals surface area contributed by atoms with E-state index in [0.29, 0.717) is 38.0 Å². The highest BCUT2D eigenvalue weighted by Crippen LogP contribution is 2.40. The number of carbonyl (C=O) groups is 3. The SMILES string of the molecule is CN(C)CC(=O)N1CC2(C1)OCCC2COc1ccccn1.O=C(O)C(F)(F)F.O=C(O)C(F)(F)F. The fourth-order valence-electron chi connectivity index (χ4n) is 3.14. The van der Waals surface area contributed by atoms with Crippen molar-refractivity contribution in [1.82, 2.24) is 14.8 Å². The van der Waals surface area contributed by atoms with Crippen molar-refractivity contribution in [3.8, 4) is 5.88 Å². The zero-order valence-electron chi connectivity index (χ0n) is 19.2. The van der Waals surface area contributed by atoms with Crippen LogP contribution in [0.2, 0.25) is 0 Å². The first kappa shape index (κ1) is 30.9. The van der Waals surface area contributed by atoms with E-state index in [1.54, 1.807) is 6.20 Å². The molecule has 10 nitrogen and oxygen atoms in total. The number of aliphatic carboxylic acids is 2. The maximum Gasteiger partial charge on any atom is 0.490 e. The van der Waals surface area contributed by atoms with Gasteiger partial charge in [0.25, 0.3) is 0 Å². The van der Waals surface area contributed by atoms with E-state index < -0.39 is 24.3 Å². The fourth-order valence-corrected chi connectivity index (χ4v) is 3.14. The summed E-state index contributed by atoms with van der Waals surface area (Å²) in [6, 6.07) is 5.64. The van der Waals surface area contributed by atoms with Gasteiger partial charge >= 0.3 is 24.3 Å². The monoisotopic (exact) mass is 533 g/mol. The molecule has 204 valence electrons. The van der Waals surface area contributed by atoms with Crippen molar-refractivity contribution in [2.75, 3.05) is 46.9 Å². The van der Waals surface area contributed by atoms with E-state index in [0.717, 1.165) is 13.0 Å². The number of pyridine rings is 1. The largest absolute Gasteiger partial charge is 0.490 e. The van der Waals surface area contributed by atoms with E-state index in [9.17, 15) is 31.1 Å². The van der Waals surface area contributed by atoms with Crippen molar-refractivity contribution < 1.29 is 60.4 Å². The molecular weight excluding hydrogens is 508 g/mol. The summed E-state index contributed by atoms with van der Waals surface area (Å²) in [6.45, 7) is 3.13. The van der Waals surface area contributed by atoms with E-state index in [2.05, 4.69) is 4.98 Å². The van der Waals surface area contributed by atoms with Gasteiger partial charge in [0.15, 0.2) is 0 Å². The summed E-state index contributed by atoms with van der Waals surface area (Å²) in [5.74, 6) is -4.39. The van der Waals surface area contributed by atoms with Crippen LogP contribution in [-0.4, -0.2) is 108 Å². The quantitative estimate of drug-likeness (QED) is 0.546. The van der Waals surface area contributed by atoms with Crippen molar-refractivity contribution in [2.24, 2.45) is 5.92 Å². The molecule has 0 aliphatic carbocycles. The minimum Gasteiger partial charge on any atom is -0.477 e. The zero-order valence-corrected chi connectivity index (χ0v) is 19.2. The number of halogens is 6. The lowest BCUT2D eigenvalue weighted by atomic mass is 9.81. The van der Waals surface area contributed by atoms with Gasteiger partial charge in [-0.25, -0.2) is 14.6 Å². The first-order valence-corrected chi connectivity index (χ1v) is 10.2. The van der Waals surface area contributed by atoms with Crippen molar-refractivity contribution in [2.45, 2.75) is 24.4 Å². The Balaban J connectivity index is 0.000000383. The Labute approximate surface area is 201 Å². The number of hydrogen-bond acceptors (Lipinski definition) is 7. The molecule has 0 saturated carbocycles. The lowest BCUT2D eigenvalue weighted by Gasteiger charge is -2.50. The molecule has 1 atom stereocenters. The molecule has 1 spiro atoms. The van der Waals surface area contributed by atoms with Crippen molar-refractivity contribution >= 4 is 17.8 Å². The van der Waals surface area contributed by atoms with Crippen LogP contribution in [0.4, 0.5) is 26.3 Å². The second kappa shape index (κ2) is 12.7. The molecule has 1 aromatic heterocycles. The Hall–Kier alpha value is -3.14. The van der Waals surface area contributed by atoms with Crippen LogP contribution in [0.3, 0.4) is 0 Å². The summed E-state index contributed by atoms with van der Waals surface area (Å²) in [5.41, 5.74) is -0.212. The number of amides is 1. The number of alkyl halides is 6. The molecule has 16 heteroatoms. The van der Waals surface area contributed by atoms with Gasteiger partial charge in [-0.15, -0.1) is 0 Å². The minimum atomic E-state index is -5.08. The molecule has 1 amide bonds. The summed E-state index contributed by atoms with van der Waals surface area (Å²) in [6.07, 6.45) is -7.47. The first-order chi connectivity index (χ1) is 16.5. The Kier molecular flexibility index (Phi) is 10.9. The average Bonchev–Trinajstić information content (AvgIpc) is 3.15. The fraction of sp³-hybridized carbons (Fsp3) is 0.600. The molecule has 0 aromatic carbocycles. The molecule has 3 heterocycles. The smallest absolute Gasteiger partial charge is 0.477 e. The summed E-state index contributed by atoms with van der Waals surface area (Å²) < 4.78 is 75.2. The number of nitrogens with zero attached hydrogens (tertiary/aromatic N) is 3. The molecule has 2 aliphatic rings. The summed E-state index contributed by atoms with van der Waals surface area (Å²) >= 11 is 0. The number of carboxylic acid groups (broad SMARTS) is 2. The van der Waals surface area contributed by atoms with Crippen LogP contribution in [-0.2, 0) is 19.1 Å². The van der Waals surface area contributed by atoms with Crippen molar-refractivity contribution in [1.29, 1.82) is 0 Å². The van der Waals surface area contributed by atoms with Crippen LogP contribution in [0.25, 0.3) is 0 Å². The highest BCUT2D eigenvalue weighted by molar-refractivity contribution is 5.79. The summed E-state index contributed by atoms with van der Waals surface area (Å²) in [7, 11) is 3.81. The molecule has 3 rings (SSSR count). The van der Waals surface area contributed by atoms with E-state index in [1.165, 1.54) is 0 Å². The third-order valence-corrected chi connectivity index (χ3v) is 4.88. The third kappa shape index (κ3) is 9.85. The minimum absolute atomic E-state index is 0.163. The molecule has 2 N–H and O–H groups in total. The highest BCUT2D eigenvalue weighted by atomic mass is 19.4. The second-order valence-electron chi connectivity index (χ2n) is 7.97. The Morgan fingerprint density at radius 2 is 1.64 bits per heavy atom. The molecule has 2 fully saturated rings. The van der Waals surface area contributed by atoms with Crippen LogP contribution in [0, 0.1) is 5.92 Å². The molecule has 1 unspecified atom stereocenters. The molecule has 0 radical (unpaired) electrons. The van der Waals surface area contributed by atoms with Crippen LogP contribution in [0.15, 0.2) is 24.4 Å². The number of aromatic nitrogens is 1. The number of carboxylic acids is 2. The van der Waals surface area contributed by atoms with Gasteiger partial charge < -0.3 is 29.5 Å². The topological polar surface area (TPSA) is 130 Å². The Bertz CT molecular complexity index is 851. The predicted molar refractivity (Wildman–Crippen MR) is 109 cm³/mol. The number of hydrogen-bond donors (Lipinski definition) is 2. The summed E-state index contributed by atoms with van der Waals surface area (Å²) in [5, 5.41) is 14.2. The molecule has 2 aliphatic heterocycles. The molecule has 1 aromatic rings. The number of likely N-dealkylation sites (N-methyl/N-ethyl adjacent to an activating group) is 1. The molecular formula is C20H25F6N3O7. The lowest BCUT2D eigenvalue weighted by Crippen LogP contribution is -2.67. The van der Waals surface area contributed by atoms with Gasteiger partial charge in [0.1, 0.15) is 5.60 Å². The number of rotatable bonds is 5. The van der Waals surface area contributed by atoms with Crippen LogP contribution < -0.4 is 4.74 Å². The van der Waals surface area contributed by atoms with Gasteiger partial charge in [-0.1, -0.05) is 6.07 Å². The standard InChI is InChI=1S/C16H23N3O3.2C2HF3O2/c1-18(2)9-15(20)19-11-16(12-19)13(6-8-22-16)10-21-14-5-3-4-7-17-14;2*3-2(4,5)1(6)7/h3-5,7,13H,6,8-12H2,1-2H3;2*(H,6,7). The van der Waals surface area contributed by atoms with E-state index in [1.807, 2.05) is 42.1 Å². The van der Waals surface area contributed by atoms with E-state index >= 15 is 0 Å². The normalized spacial score (nSPS) is 18.4. The first-order valence-electron chi connectivity index (χ1n) is 10.2. The highest BCUT2D eigenvalue weighted by Gasteiger charge is 2.54. The van der Waals surface area contributed by atoms with E-state index in [-0.39, 0.29) is 11.5 Å². The molecule has 0 bridgehead atoms. The van der Waals surface area contributed by atoms with Gasteiger partial charge in [0.05, 0.1) is 26.2 Å². The summed E-state index contributed by atoms with van der Waals surface area (Å²) in [4.78, 5) is 37.8. The van der Waals surface area contributed by atoms with Gasteiger partial charge in [0, 0.05) is 24.8 Å². The second-order valence-corrected chi connectivity index (χ2v) is 7.97. The molecule has 2 saturated heterocycles. The number of carbonyl (C=O) groups excluding carboxylic acids is 1. The van der Waals surface area contributed by atoms with Crippen molar-refractivity contribution in [3.63, 3.8) is 0 Å².